The Morgan fingerprint density at radius 3 is 2.95 bits per heavy atom. The number of hydrogen-bond acceptors (Lipinski definition) is 2. The number of fused-ring (bicyclic) bond motifs is 3. The SMILES string of the molecule is Clc1ccc2c(c1)-c1[nH]nc(-c3cccnc3)c1CC2. The first kappa shape index (κ1) is 11.7. The molecule has 3 aromatic rings. The predicted octanol–water partition coefficient (Wildman–Crippen LogP) is 3.89. The van der Waals surface area contributed by atoms with Gasteiger partial charge in [-0.05, 0) is 42.7 Å². The summed E-state index contributed by atoms with van der Waals surface area (Å²) in [6.45, 7) is 0. The average Bonchev–Trinajstić information content (AvgIpc) is 2.92. The maximum atomic E-state index is 6.12. The molecule has 1 aliphatic rings. The summed E-state index contributed by atoms with van der Waals surface area (Å²) in [5.41, 5.74) is 6.89. The number of aryl methyl sites for hydroxylation is 1. The van der Waals surface area contributed by atoms with Crippen molar-refractivity contribution in [3.63, 3.8) is 0 Å². The molecule has 0 saturated carbocycles. The van der Waals surface area contributed by atoms with Gasteiger partial charge in [0.25, 0.3) is 0 Å². The van der Waals surface area contributed by atoms with Crippen molar-refractivity contribution in [1.82, 2.24) is 15.2 Å². The van der Waals surface area contributed by atoms with Crippen LogP contribution >= 0.6 is 11.6 Å². The van der Waals surface area contributed by atoms with Crippen LogP contribution in [0, 0.1) is 0 Å². The Labute approximate surface area is 121 Å². The number of pyridine rings is 1. The number of halogens is 1. The fourth-order valence-corrected chi connectivity index (χ4v) is 3.00. The first-order chi connectivity index (χ1) is 9.83. The number of H-pyrrole nitrogens is 1. The second-order valence-electron chi connectivity index (χ2n) is 4.97. The molecule has 0 aliphatic heterocycles. The van der Waals surface area contributed by atoms with Crippen LogP contribution in [0.2, 0.25) is 5.02 Å². The van der Waals surface area contributed by atoms with Crippen molar-refractivity contribution in [2.75, 3.05) is 0 Å². The Bertz CT molecular complexity index is 778. The number of aromatic nitrogens is 3. The molecule has 4 rings (SSSR count). The van der Waals surface area contributed by atoms with Crippen LogP contribution in [0.1, 0.15) is 11.1 Å². The van der Waals surface area contributed by atoms with Gasteiger partial charge in [0.15, 0.2) is 0 Å². The van der Waals surface area contributed by atoms with E-state index in [0.29, 0.717) is 0 Å². The number of nitrogens with zero attached hydrogens (tertiary/aromatic N) is 2. The van der Waals surface area contributed by atoms with E-state index in [2.05, 4.69) is 21.2 Å². The average molecular weight is 282 g/mol. The molecule has 0 radical (unpaired) electrons. The van der Waals surface area contributed by atoms with Crippen LogP contribution in [0.25, 0.3) is 22.5 Å². The molecule has 0 spiro atoms. The molecule has 0 amide bonds. The van der Waals surface area contributed by atoms with E-state index < -0.39 is 0 Å². The van der Waals surface area contributed by atoms with Crippen molar-refractivity contribution in [1.29, 1.82) is 0 Å². The smallest absolute Gasteiger partial charge is 0.0974 e. The summed E-state index contributed by atoms with van der Waals surface area (Å²) in [7, 11) is 0. The van der Waals surface area contributed by atoms with Crippen LogP contribution in [0.5, 0.6) is 0 Å². The predicted molar refractivity (Wildman–Crippen MR) is 79.7 cm³/mol. The van der Waals surface area contributed by atoms with Crippen LogP contribution in [0.3, 0.4) is 0 Å². The van der Waals surface area contributed by atoms with Crippen molar-refractivity contribution in [3.05, 3.63) is 58.9 Å². The summed E-state index contributed by atoms with van der Waals surface area (Å²) < 4.78 is 0. The minimum atomic E-state index is 0.758. The molecule has 1 aliphatic carbocycles. The number of nitrogens with one attached hydrogen (secondary N) is 1. The molecular formula is C16H12ClN3. The Balaban J connectivity index is 1.91. The summed E-state index contributed by atoms with van der Waals surface area (Å²) in [5.74, 6) is 0. The molecule has 20 heavy (non-hydrogen) atoms. The van der Waals surface area contributed by atoms with Gasteiger partial charge in [0, 0.05) is 34.1 Å². The molecular weight excluding hydrogens is 270 g/mol. The van der Waals surface area contributed by atoms with Crippen molar-refractivity contribution in [2.24, 2.45) is 0 Å². The maximum Gasteiger partial charge on any atom is 0.0974 e. The highest BCUT2D eigenvalue weighted by Gasteiger charge is 2.22. The zero-order valence-corrected chi connectivity index (χ0v) is 11.5. The summed E-state index contributed by atoms with van der Waals surface area (Å²) in [6.07, 6.45) is 5.64. The van der Waals surface area contributed by atoms with Crippen LogP contribution in [-0.4, -0.2) is 15.2 Å². The molecule has 0 bridgehead atoms. The summed E-state index contributed by atoms with van der Waals surface area (Å²) in [6, 6.07) is 10.0. The van der Waals surface area contributed by atoms with Crippen LogP contribution in [0.15, 0.2) is 42.7 Å². The van der Waals surface area contributed by atoms with Gasteiger partial charge in [0.2, 0.25) is 0 Å². The fourth-order valence-electron chi connectivity index (χ4n) is 2.83. The normalized spacial score (nSPS) is 12.8. The van der Waals surface area contributed by atoms with E-state index in [1.165, 1.54) is 16.7 Å². The zero-order valence-electron chi connectivity index (χ0n) is 10.7. The van der Waals surface area contributed by atoms with E-state index in [4.69, 9.17) is 11.6 Å². The van der Waals surface area contributed by atoms with Gasteiger partial charge < -0.3 is 0 Å². The third-order valence-corrected chi connectivity index (χ3v) is 4.02. The van der Waals surface area contributed by atoms with Gasteiger partial charge in [-0.2, -0.15) is 5.10 Å². The minimum absolute atomic E-state index is 0.758. The number of benzene rings is 1. The minimum Gasteiger partial charge on any atom is -0.277 e. The van der Waals surface area contributed by atoms with Gasteiger partial charge in [0.05, 0.1) is 11.4 Å². The van der Waals surface area contributed by atoms with Gasteiger partial charge in [0.1, 0.15) is 0 Å². The monoisotopic (exact) mass is 281 g/mol. The first-order valence-electron chi connectivity index (χ1n) is 6.59. The lowest BCUT2D eigenvalue weighted by molar-refractivity contribution is 0.943. The zero-order chi connectivity index (χ0) is 13.5. The Morgan fingerprint density at radius 2 is 2.10 bits per heavy atom. The van der Waals surface area contributed by atoms with E-state index in [1.54, 1.807) is 6.20 Å². The van der Waals surface area contributed by atoms with E-state index in [9.17, 15) is 0 Å². The second-order valence-corrected chi connectivity index (χ2v) is 5.41. The van der Waals surface area contributed by atoms with E-state index in [-0.39, 0.29) is 0 Å². The summed E-state index contributed by atoms with van der Waals surface area (Å²) >= 11 is 6.12. The van der Waals surface area contributed by atoms with Crippen molar-refractivity contribution >= 4 is 11.6 Å². The third-order valence-electron chi connectivity index (χ3n) is 3.79. The highest BCUT2D eigenvalue weighted by molar-refractivity contribution is 6.30. The fraction of sp³-hybridized carbons (Fsp3) is 0.125. The lowest BCUT2D eigenvalue weighted by Crippen LogP contribution is -2.03. The summed E-state index contributed by atoms with van der Waals surface area (Å²) in [5, 5.41) is 8.42. The molecule has 4 heteroatoms. The molecule has 0 atom stereocenters. The maximum absolute atomic E-state index is 6.12. The largest absolute Gasteiger partial charge is 0.277 e. The number of hydrogen-bond donors (Lipinski definition) is 1. The first-order valence-corrected chi connectivity index (χ1v) is 6.97. The van der Waals surface area contributed by atoms with Gasteiger partial charge in [-0.25, -0.2) is 0 Å². The summed E-state index contributed by atoms with van der Waals surface area (Å²) in [4.78, 5) is 4.17. The molecule has 2 heterocycles. The lowest BCUT2D eigenvalue weighted by atomic mass is 9.88. The highest BCUT2D eigenvalue weighted by atomic mass is 35.5. The van der Waals surface area contributed by atoms with Crippen molar-refractivity contribution < 1.29 is 0 Å². The van der Waals surface area contributed by atoms with E-state index in [1.807, 2.05) is 30.5 Å². The van der Waals surface area contributed by atoms with Crippen molar-refractivity contribution in [2.45, 2.75) is 12.8 Å². The topological polar surface area (TPSA) is 41.6 Å². The Kier molecular flexibility index (Phi) is 2.60. The lowest BCUT2D eigenvalue weighted by Gasteiger charge is -2.16. The van der Waals surface area contributed by atoms with Gasteiger partial charge in [-0.1, -0.05) is 17.7 Å². The Hall–Kier alpha value is -2.13. The molecule has 3 nitrogen and oxygen atoms in total. The van der Waals surface area contributed by atoms with Crippen LogP contribution in [-0.2, 0) is 12.8 Å². The molecule has 0 saturated heterocycles. The van der Waals surface area contributed by atoms with E-state index >= 15 is 0 Å². The molecule has 0 unspecified atom stereocenters. The molecule has 98 valence electrons. The quantitative estimate of drug-likeness (QED) is 0.735. The Morgan fingerprint density at radius 1 is 1.15 bits per heavy atom. The van der Waals surface area contributed by atoms with Crippen molar-refractivity contribution in [3.8, 4) is 22.5 Å². The standard InChI is InChI=1S/C16H12ClN3/c17-12-5-3-10-4-6-13-15(11-2-1-7-18-9-11)19-20-16(13)14(10)8-12/h1-3,5,7-9H,4,6H2,(H,19,20). The van der Waals surface area contributed by atoms with Crippen LogP contribution in [0.4, 0.5) is 0 Å². The van der Waals surface area contributed by atoms with Gasteiger partial charge >= 0.3 is 0 Å². The molecule has 1 N–H and O–H groups in total. The van der Waals surface area contributed by atoms with Crippen LogP contribution < -0.4 is 0 Å². The second kappa shape index (κ2) is 4.46. The number of aromatic amines is 1. The highest BCUT2D eigenvalue weighted by Crippen LogP contribution is 2.37. The molecule has 1 aromatic carbocycles. The van der Waals surface area contributed by atoms with E-state index in [0.717, 1.165) is 34.8 Å². The third kappa shape index (κ3) is 1.74. The molecule has 2 aromatic heterocycles. The molecule has 0 fully saturated rings. The van der Waals surface area contributed by atoms with Gasteiger partial charge in [-0.15, -0.1) is 0 Å². The van der Waals surface area contributed by atoms with Gasteiger partial charge in [-0.3, -0.25) is 10.1 Å². The number of rotatable bonds is 1.